The lowest BCUT2D eigenvalue weighted by atomic mass is 9.95. The number of benzene rings is 4. The van der Waals surface area contributed by atoms with Crippen molar-refractivity contribution < 1.29 is 45.2 Å². The number of H-pyrrole nitrogens is 1. The van der Waals surface area contributed by atoms with E-state index in [4.69, 9.17) is 23.7 Å². The lowest BCUT2D eigenvalue weighted by molar-refractivity contribution is -0.686. The Hall–Kier alpha value is -4.43. The third-order valence-corrected chi connectivity index (χ3v) is 8.58. The molecule has 44 heavy (non-hydrogen) atoms. The maximum absolute atomic E-state index is 6.40. The molecular weight excluding hydrogens is 620 g/mol. The number of hydrogen-bond acceptors (Lipinski definition) is 5. The molecule has 2 aliphatic heterocycles. The number of nitrogens with zero attached hydrogens (tertiary/aromatic N) is 1. The van der Waals surface area contributed by atoms with Crippen LogP contribution in [0.25, 0.3) is 43.8 Å². The molecule has 0 atom stereocenters. The number of aryl methyl sites for hydroxylation is 2. The quantitative estimate of drug-likeness (QED) is 0.186. The van der Waals surface area contributed by atoms with Gasteiger partial charge in [0.25, 0.3) is 0 Å². The number of nitrogens with one attached hydrogen (secondary N) is 1. The second-order valence-electron chi connectivity index (χ2n) is 11.2. The number of hydrogen-bond donors (Lipinski definition) is 1. The zero-order valence-corrected chi connectivity index (χ0v) is 26.1. The molecule has 7 nitrogen and oxygen atoms in total. The highest BCUT2D eigenvalue weighted by molar-refractivity contribution is 6.10. The van der Waals surface area contributed by atoms with E-state index in [0.29, 0.717) is 13.2 Å². The fourth-order valence-electron chi connectivity index (χ4n) is 6.43. The summed E-state index contributed by atoms with van der Waals surface area (Å²) in [5, 5.41) is 4.52. The van der Waals surface area contributed by atoms with Gasteiger partial charge in [0.1, 0.15) is 5.75 Å². The van der Waals surface area contributed by atoms with Gasteiger partial charge in [0, 0.05) is 28.8 Å². The first kappa shape index (κ1) is 28.3. The van der Waals surface area contributed by atoms with Crippen molar-refractivity contribution in [3.05, 3.63) is 84.6 Å². The lowest BCUT2D eigenvalue weighted by Gasteiger charge is -2.18. The van der Waals surface area contributed by atoms with Crippen LogP contribution in [0.3, 0.4) is 0 Å². The van der Waals surface area contributed by atoms with E-state index >= 15 is 0 Å². The first-order chi connectivity index (χ1) is 21.3. The number of fused-ring (bicyclic) bond motifs is 8. The van der Waals surface area contributed by atoms with Gasteiger partial charge >= 0.3 is 0 Å². The Balaban J connectivity index is 0.00000312. The van der Waals surface area contributed by atoms with E-state index in [9.17, 15) is 0 Å². The SMILES string of the molecule is COc1ccc2cc3[n+](cc2c1OCCCCCOc1cccc2[nH]c4ccccc4c12)CCc1cc2c(cc1-3)OCO2.[Br-]. The average molecular weight is 654 g/mol. The third kappa shape index (κ3) is 4.97. The standard InChI is InChI=1S/C36H33N2O5.BrH/c1-39-32-13-12-23-18-30-26-20-34-33(42-22-43-34)19-24(26)14-15-38(30)21-27(23)36(32)41-17-6-2-5-16-40-31-11-7-10-29-35(31)25-8-3-4-9-28(25)37-29;/h3-4,7-13,18-21,37H,2,5-6,14-17,22H2,1H3;1H/q+1;/p-1. The number of unbranched alkanes of at least 4 members (excludes halogenated alkanes) is 2. The van der Waals surface area contributed by atoms with Gasteiger partial charge in [0.05, 0.1) is 36.8 Å². The summed E-state index contributed by atoms with van der Waals surface area (Å²) in [6, 6.07) is 25.2. The zero-order valence-electron chi connectivity index (χ0n) is 24.5. The number of aromatic amines is 1. The Morgan fingerprint density at radius 2 is 1.61 bits per heavy atom. The van der Waals surface area contributed by atoms with Gasteiger partial charge in [-0.2, -0.15) is 4.57 Å². The maximum atomic E-state index is 6.40. The van der Waals surface area contributed by atoms with E-state index in [0.717, 1.165) is 88.2 Å². The molecule has 8 heteroatoms. The molecule has 4 heterocycles. The number of rotatable bonds is 9. The largest absolute Gasteiger partial charge is 1.00 e. The van der Waals surface area contributed by atoms with Crippen LogP contribution in [0.15, 0.2) is 79.0 Å². The predicted molar refractivity (Wildman–Crippen MR) is 167 cm³/mol. The molecule has 2 aliphatic rings. The van der Waals surface area contributed by atoms with E-state index in [1.807, 2.05) is 12.1 Å². The molecule has 0 amide bonds. The van der Waals surface area contributed by atoms with E-state index in [1.165, 1.54) is 22.2 Å². The maximum Gasteiger partial charge on any atom is 0.231 e. The molecule has 6 aromatic rings. The number of aromatic nitrogens is 2. The van der Waals surface area contributed by atoms with Crippen molar-refractivity contribution in [2.24, 2.45) is 0 Å². The molecule has 4 aromatic carbocycles. The van der Waals surface area contributed by atoms with Gasteiger partial charge in [-0.3, -0.25) is 0 Å². The molecule has 1 N–H and O–H groups in total. The van der Waals surface area contributed by atoms with Crippen molar-refractivity contribution in [1.29, 1.82) is 0 Å². The Morgan fingerprint density at radius 1 is 0.795 bits per heavy atom. The fourth-order valence-corrected chi connectivity index (χ4v) is 6.43. The van der Waals surface area contributed by atoms with Crippen LogP contribution in [-0.4, -0.2) is 32.1 Å². The molecule has 224 valence electrons. The second kappa shape index (κ2) is 11.9. The number of methoxy groups -OCH3 is 1. The third-order valence-electron chi connectivity index (χ3n) is 8.58. The van der Waals surface area contributed by atoms with Crippen LogP contribution in [0.1, 0.15) is 24.8 Å². The van der Waals surface area contributed by atoms with E-state index in [-0.39, 0.29) is 23.8 Å². The van der Waals surface area contributed by atoms with Crippen LogP contribution < -0.4 is 45.2 Å². The van der Waals surface area contributed by atoms with Gasteiger partial charge in [0.15, 0.2) is 35.7 Å². The Morgan fingerprint density at radius 3 is 2.50 bits per heavy atom. The number of ether oxygens (including phenoxy) is 5. The molecule has 0 bridgehead atoms. The lowest BCUT2D eigenvalue weighted by Crippen LogP contribution is -3.00. The summed E-state index contributed by atoms with van der Waals surface area (Å²) in [5.41, 5.74) is 5.89. The zero-order chi connectivity index (χ0) is 28.8. The minimum absolute atomic E-state index is 0. The minimum atomic E-state index is 0. The minimum Gasteiger partial charge on any atom is -1.00 e. The summed E-state index contributed by atoms with van der Waals surface area (Å²) < 4.78 is 32.0. The molecule has 0 spiro atoms. The van der Waals surface area contributed by atoms with E-state index in [1.54, 1.807) is 7.11 Å². The van der Waals surface area contributed by atoms with Crippen LogP contribution >= 0.6 is 0 Å². The van der Waals surface area contributed by atoms with Crippen molar-refractivity contribution in [2.45, 2.75) is 32.2 Å². The molecular formula is C36H33BrN2O5. The first-order valence-corrected chi connectivity index (χ1v) is 15.0. The topological polar surface area (TPSA) is 65.8 Å². The summed E-state index contributed by atoms with van der Waals surface area (Å²) >= 11 is 0. The molecule has 0 fully saturated rings. The smallest absolute Gasteiger partial charge is 0.231 e. The Bertz CT molecular complexity index is 2000. The summed E-state index contributed by atoms with van der Waals surface area (Å²) in [4.78, 5) is 3.49. The number of halogens is 1. The van der Waals surface area contributed by atoms with Crippen LogP contribution in [0.5, 0.6) is 28.7 Å². The van der Waals surface area contributed by atoms with Gasteiger partial charge < -0.3 is 45.6 Å². The molecule has 8 rings (SSSR count). The highest BCUT2D eigenvalue weighted by Gasteiger charge is 2.28. The van der Waals surface area contributed by atoms with Crippen molar-refractivity contribution in [1.82, 2.24) is 4.98 Å². The highest BCUT2D eigenvalue weighted by atomic mass is 79.9. The molecule has 2 aromatic heterocycles. The van der Waals surface area contributed by atoms with Gasteiger partial charge in [-0.05, 0) is 72.7 Å². The summed E-state index contributed by atoms with van der Waals surface area (Å²) in [5.74, 6) is 4.13. The van der Waals surface area contributed by atoms with Crippen LogP contribution in [0.4, 0.5) is 0 Å². The second-order valence-corrected chi connectivity index (χ2v) is 11.2. The summed E-state index contributed by atoms with van der Waals surface area (Å²) in [6.07, 6.45) is 6.03. The number of pyridine rings is 1. The van der Waals surface area contributed by atoms with Crippen molar-refractivity contribution in [3.8, 4) is 40.0 Å². The normalized spacial score (nSPS) is 13.0. The molecule has 0 radical (unpaired) electrons. The Kier molecular flexibility index (Phi) is 7.68. The molecule has 0 saturated carbocycles. The van der Waals surface area contributed by atoms with Gasteiger partial charge in [-0.15, -0.1) is 0 Å². The van der Waals surface area contributed by atoms with Crippen molar-refractivity contribution in [2.75, 3.05) is 27.1 Å². The first-order valence-electron chi connectivity index (χ1n) is 15.0. The van der Waals surface area contributed by atoms with E-state index < -0.39 is 0 Å². The predicted octanol–water partition coefficient (Wildman–Crippen LogP) is 4.35. The van der Waals surface area contributed by atoms with E-state index in [2.05, 4.69) is 76.4 Å². The van der Waals surface area contributed by atoms with Crippen LogP contribution in [0.2, 0.25) is 0 Å². The summed E-state index contributed by atoms with van der Waals surface area (Å²) in [7, 11) is 1.70. The van der Waals surface area contributed by atoms with Crippen molar-refractivity contribution >= 4 is 32.6 Å². The monoisotopic (exact) mass is 652 g/mol. The van der Waals surface area contributed by atoms with Gasteiger partial charge in [0.2, 0.25) is 12.5 Å². The average Bonchev–Trinajstić information content (AvgIpc) is 3.66. The number of para-hydroxylation sites is 1. The molecule has 0 saturated heterocycles. The van der Waals surface area contributed by atoms with Crippen LogP contribution in [0, 0.1) is 0 Å². The van der Waals surface area contributed by atoms with Gasteiger partial charge in [-0.25, -0.2) is 0 Å². The van der Waals surface area contributed by atoms with Crippen molar-refractivity contribution in [3.63, 3.8) is 0 Å². The summed E-state index contributed by atoms with van der Waals surface area (Å²) in [6.45, 7) is 2.45. The fraction of sp³-hybridized carbons (Fsp3) is 0.250. The molecule has 0 aliphatic carbocycles. The van der Waals surface area contributed by atoms with Gasteiger partial charge in [-0.1, -0.05) is 24.3 Å². The molecule has 0 unspecified atom stereocenters. The highest BCUT2D eigenvalue weighted by Crippen LogP contribution is 2.42. The Labute approximate surface area is 266 Å². The van der Waals surface area contributed by atoms with Crippen LogP contribution in [-0.2, 0) is 13.0 Å².